The molecular weight excluding hydrogens is 302 g/mol. The summed E-state index contributed by atoms with van der Waals surface area (Å²) >= 11 is 3.55. The molecular formula is C16H26BrNO. The number of rotatable bonds is 9. The van der Waals surface area contributed by atoms with Crippen LogP contribution in [0.5, 0.6) is 0 Å². The van der Waals surface area contributed by atoms with Crippen molar-refractivity contribution in [3.05, 3.63) is 34.3 Å². The van der Waals surface area contributed by atoms with Crippen molar-refractivity contribution in [3.8, 4) is 0 Å². The highest BCUT2D eigenvalue weighted by molar-refractivity contribution is 9.10. The number of hydrogen-bond donors (Lipinski definition) is 1. The van der Waals surface area contributed by atoms with E-state index in [1.54, 1.807) is 0 Å². The highest BCUT2D eigenvalue weighted by atomic mass is 79.9. The Morgan fingerprint density at radius 2 is 2.11 bits per heavy atom. The first-order chi connectivity index (χ1) is 9.13. The largest absolute Gasteiger partial charge is 0.379 e. The van der Waals surface area contributed by atoms with E-state index in [4.69, 9.17) is 4.74 Å². The van der Waals surface area contributed by atoms with Gasteiger partial charge in [0.15, 0.2) is 0 Å². The Hall–Kier alpha value is -0.380. The Labute approximate surface area is 126 Å². The highest BCUT2D eigenvalue weighted by Gasteiger charge is 2.12. The quantitative estimate of drug-likeness (QED) is 0.681. The maximum absolute atomic E-state index is 5.69. The summed E-state index contributed by atoms with van der Waals surface area (Å²) < 4.78 is 6.84. The van der Waals surface area contributed by atoms with E-state index in [1.165, 1.54) is 12.0 Å². The summed E-state index contributed by atoms with van der Waals surface area (Å²) in [4.78, 5) is 0. The van der Waals surface area contributed by atoms with Crippen molar-refractivity contribution in [2.75, 3.05) is 19.7 Å². The molecule has 0 aliphatic carbocycles. The summed E-state index contributed by atoms with van der Waals surface area (Å²) in [6.07, 6.45) is 2.55. The molecule has 0 aromatic heterocycles. The van der Waals surface area contributed by atoms with Crippen LogP contribution < -0.4 is 5.32 Å². The van der Waals surface area contributed by atoms with E-state index in [1.807, 2.05) is 0 Å². The molecule has 0 fully saturated rings. The number of halogens is 1. The molecule has 0 aliphatic rings. The predicted molar refractivity (Wildman–Crippen MR) is 85.7 cm³/mol. The molecule has 0 aliphatic heterocycles. The van der Waals surface area contributed by atoms with Gasteiger partial charge in [0.1, 0.15) is 0 Å². The molecule has 1 rings (SSSR count). The van der Waals surface area contributed by atoms with Gasteiger partial charge in [-0.25, -0.2) is 0 Å². The van der Waals surface area contributed by atoms with Gasteiger partial charge in [-0.1, -0.05) is 35.0 Å². The van der Waals surface area contributed by atoms with Crippen LogP contribution in [-0.2, 0) is 4.74 Å². The van der Waals surface area contributed by atoms with Gasteiger partial charge in [-0.2, -0.15) is 0 Å². The fourth-order valence-electron chi connectivity index (χ4n) is 2.05. The van der Waals surface area contributed by atoms with E-state index in [0.717, 1.165) is 30.6 Å². The minimum atomic E-state index is 0.312. The molecule has 0 saturated heterocycles. The Morgan fingerprint density at radius 1 is 1.32 bits per heavy atom. The van der Waals surface area contributed by atoms with Gasteiger partial charge in [0, 0.05) is 17.6 Å². The lowest BCUT2D eigenvalue weighted by Gasteiger charge is -2.19. The summed E-state index contributed by atoms with van der Waals surface area (Å²) in [6, 6.07) is 8.60. The van der Waals surface area contributed by atoms with Crippen molar-refractivity contribution < 1.29 is 4.74 Å². The zero-order chi connectivity index (χ0) is 14.1. The van der Waals surface area contributed by atoms with Crippen molar-refractivity contribution in [3.63, 3.8) is 0 Å². The molecule has 0 bridgehead atoms. The van der Waals surface area contributed by atoms with Crippen LogP contribution >= 0.6 is 15.9 Å². The molecule has 1 aromatic rings. The molecule has 0 saturated carbocycles. The lowest BCUT2D eigenvalue weighted by molar-refractivity contribution is 0.0733. The minimum absolute atomic E-state index is 0.312. The number of ether oxygens (including phenoxy) is 1. The van der Waals surface area contributed by atoms with Gasteiger partial charge >= 0.3 is 0 Å². The molecule has 19 heavy (non-hydrogen) atoms. The third-order valence-electron chi connectivity index (χ3n) is 3.06. The highest BCUT2D eigenvalue weighted by Crippen LogP contribution is 2.22. The SMILES string of the molecule is CCCNCC(CCOC(C)C)c1cccc(Br)c1. The third kappa shape index (κ3) is 7.09. The van der Waals surface area contributed by atoms with Crippen LogP contribution in [0.1, 0.15) is 45.1 Å². The molecule has 1 aromatic carbocycles. The Kier molecular flexibility index (Phi) is 8.35. The summed E-state index contributed by atoms with van der Waals surface area (Å²) in [5.41, 5.74) is 1.38. The normalized spacial score (nSPS) is 12.9. The Morgan fingerprint density at radius 3 is 2.74 bits per heavy atom. The van der Waals surface area contributed by atoms with Gasteiger partial charge in [0.2, 0.25) is 0 Å². The molecule has 1 N–H and O–H groups in total. The van der Waals surface area contributed by atoms with Crippen molar-refractivity contribution in [1.82, 2.24) is 5.32 Å². The summed E-state index contributed by atoms with van der Waals surface area (Å²) in [7, 11) is 0. The first-order valence-corrected chi connectivity index (χ1v) is 8.00. The molecule has 2 nitrogen and oxygen atoms in total. The van der Waals surface area contributed by atoms with Crippen LogP contribution in [0.4, 0.5) is 0 Å². The first kappa shape index (κ1) is 16.7. The van der Waals surface area contributed by atoms with Crippen LogP contribution in [0.25, 0.3) is 0 Å². The predicted octanol–water partition coefficient (Wildman–Crippen LogP) is 4.35. The van der Waals surface area contributed by atoms with Gasteiger partial charge in [-0.05, 0) is 56.8 Å². The third-order valence-corrected chi connectivity index (χ3v) is 3.55. The number of nitrogens with one attached hydrogen (secondary N) is 1. The smallest absolute Gasteiger partial charge is 0.0518 e. The minimum Gasteiger partial charge on any atom is -0.379 e. The zero-order valence-corrected chi connectivity index (χ0v) is 13.9. The van der Waals surface area contributed by atoms with Gasteiger partial charge in [-0.15, -0.1) is 0 Å². The van der Waals surface area contributed by atoms with Crippen LogP contribution in [0.2, 0.25) is 0 Å². The van der Waals surface area contributed by atoms with Crippen molar-refractivity contribution in [1.29, 1.82) is 0 Å². The Balaban J connectivity index is 2.57. The maximum Gasteiger partial charge on any atom is 0.0518 e. The molecule has 3 heteroatoms. The average Bonchev–Trinajstić information content (AvgIpc) is 2.37. The van der Waals surface area contributed by atoms with Crippen molar-refractivity contribution in [2.24, 2.45) is 0 Å². The van der Waals surface area contributed by atoms with Crippen molar-refractivity contribution >= 4 is 15.9 Å². The molecule has 0 spiro atoms. The fourth-order valence-corrected chi connectivity index (χ4v) is 2.46. The second-order valence-corrected chi connectivity index (χ2v) is 6.08. The van der Waals surface area contributed by atoms with Gasteiger partial charge in [0.05, 0.1) is 6.10 Å². The molecule has 0 radical (unpaired) electrons. The fraction of sp³-hybridized carbons (Fsp3) is 0.625. The second kappa shape index (κ2) is 9.51. The summed E-state index contributed by atoms with van der Waals surface area (Å²) in [5.74, 6) is 0.516. The molecule has 1 atom stereocenters. The van der Waals surface area contributed by atoms with E-state index in [2.05, 4.69) is 66.3 Å². The van der Waals surface area contributed by atoms with Gasteiger partial charge in [-0.3, -0.25) is 0 Å². The summed E-state index contributed by atoms with van der Waals surface area (Å²) in [5, 5.41) is 3.52. The van der Waals surface area contributed by atoms with Gasteiger partial charge < -0.3 is 10.1 Å². The van der Waals surface area contributed by atoms with Crippen LogP contribution in [0.15, 0.2) is 28.7 Å². The maximum atomic E-state index is 5.69. The lowest BCUT2D eigenvalue weighted by atomic mass is 9.96. The first-order valence-electron chi connectivity index (χ1n) is 7.21. The van der Waals surface area contributed by atoms with E-state index in [-0.39, 0.29) is 0 Å². The van der Waals surface area contributed by atoms with Gasteiger partial charge in [0.25, 0.3) is 0 Å². The van der Waals surface area contributed by atoms with E-state index in [0.29, 0.717) is 12.0 Å². The van der Waals surface area contributed by atoms with Crippen LogP contribution in [0.3, 0.4) is 0 Å². The molecule has 1 unspecified atom stereocenters. The average molecular weight is 328 g/mol. The number of hydrogen-bond acceptors (Lipinski definition) is 2. The molecule has 0 heterocycles. The molecule has 0 amide bonds. The topological polar surface area (TPSA) is 21.3 Å². The standard InChI is InChI=1S/C16H26BrNO/c1-4-9-18-12-15(8-10-19-13(2)3)14-6-5-7-16(17)11-14/h5-7,11,13,15,18H,4,8-10,12H2,1-3H3. The van der Waals surface area contributed by atoms with Crippen molar-refractivity contribution in [2.45, 2.75) is 45.6 Å². The molecule has 108 valence electrons. The van der Waals surface area contributed by atoms with E-state index >= 15 is 0 Å². The lowest BCUT2D eigenvalue weighted by Crippen LogP contribution is -2.23. The van der Waals surface area contributed by atoms with Crippen LogP contribution in [-0.4, -0.2) is 25.8 Å². The number of benzene rings is 1. The monoisotopic (exact) mass is 327 g/mol. The Bertz CT molecular complexity index is 354. The second-order valence-electron chi connectivity index (χ2n) is 5.16. The van der Waals surface area contributed by atoms with E-state index < -0.39 is 0 Å². The van der Waals surface area contributed by atoms with Crippen LogP contribution in [0, 0.1) is 0 Å². The van der Waals surface area contributed by atoms with E-state index in [9.17, 15) is 0 Å². The zero-order valence-electron chi connectivity index (χ0n) is 12.3. The summed E-state index contributed by atoms with van der Waals surface area (Å²) in [6.45, 7) is 9.29.